The number of rotatable bonds is 8. The number of amides is 1. The highest BCUT2D eigenvalue weighted by molar-refractivity contribution is 8.00. The number of aromatic amines is 1. The Morgan fingerprint density at radius 1 is 1.15 bits per heavy atom. The van der Waals surface area contributed by atoms with Gasteiger partial charge in [0, 0.05) is 11.3 Å². The number of ether oxygens (including phenoxy) is 1. The van der Waals surface area contributed by atoms with Crippen LogP contribution in [0.3, 0.4) is 0 Å². The van der Waals surface area contributed by atoms with Gasteiger partial charge in [-0.3, -0.25) is 9.59 Å². The lowest BCUT2D eigenvalue weighted by Crippen LogP contribution is -2.25. The van der Waals surface area contributed by atoms with Crippen LogP contribution in [-0.2, 0) is 9.53 Å². The Kier molecular flexibility index (Phi) is 8.00. The molecule has 9 heteroatoms. The lowest BCUT2D eigenvalue weighted by molar-refractivity contribution is -0.115. The van der Waals surface area contributed by atoms with E-state index in [9.17, 15) is 19.6 Å². The highest BCUT2D eigenvalue weighted by Crippen LogP contribution is 2.26. The first-order valence-corrected chi connectivity index (χ1v) is 11.2. The Balaban J connectivity index is 1.78. The standard InChI is InChI=1S/C24H22N4O4S/c1-3-19(22(30)26-17-12-10-16(11-13-17)23(31)32-4-2)33-24-27-20(15-8-6-5-7-9-15)18(14-25)21(29)28-24/h5-13,19H,3-4H2,1-2H3,(H,26,30)(H,27,28,29). The molecular weight excluding hydrogens is 440 g/mol. The third-order valence-corrected chi connectivity index (χ3v) is 5.89. The van der Waals surface area contributed by atoms with Gasteiger partial charge in [-0.2, -0.15) is 5.26 Å². The van der Waals surface area contributed by atoms with Crippen molar-refractivity contribution in [3.63, 3.8) is 0 Å². The van der Waals surface area contributed by atoms with E-state index in [4.69, 9.17) is 4.74 Å². The summed E-state index contributed by atoms with van der Waals surface area (Å²) in [4.78, 5) is 44.1. The van der Waals surface area contributed by atoms with Crippen molar-refractivity contribution in [3.8, 4) is 17.3 Å². The number of nitrogens with one attached hydrogen (secondary N) is 2. The van der Waals surface area contributed by atoms with Crippen LogP contribution in [0.25, 0.3) is 11.3 Å². The molecule has 0 radical (unpaired) electrons. The second kappa shape index (κ2) is 11.1. The molecule has 3 aromatic rings. The van der Waals surface area contributed by atoms with Gasteiger partial charge < -0.3 is 15.0 Å². The van der Waals surface area contributed by atoms with E-state index >= 15 is 0 Å². The fourth-order valence-electron chi connectivity index (χ4n) is 3.00. The van der Waals surface area contributed by atoms with Crippen LogP contribution in [0.5, 0.6) is 0 Å². The first kappa shape index (κ1) is 23.8. The third-order valence-electron chi connectivity index (χ3n) is 4.64. The van der Waals surface area contributed by atoms with Gasteiger partial charge in [0.1, 0.15) is 11.6 Å². The average Bonchev–Trinajstić information content (AvgIpc) is 2.83. The lowest BCUT2D eigenvalue weighted by Gasteiger charge is -2.15. The summed E-state index contributed by atoms with van der Waals surface area (Å²) in [5.41, 5.74) is 1.20. The molecular formula is C24H22N4O4S. The number of thioether (sulfide) groups is 1. The van der Waals surface area contributed by atoms with E-state index in [1.165, 1.54) is 0 Å². The van der Waals surface area contributed by atoms with Gasteiger partial charge in [-0.15, -0.1) is 0 Å². The van der Waals surface area contributed by atoms with Gasteiger partial charge in [0.25, 0.3) is 5.56 Å². The summed E-state index contributed by atoms with van der Waals surface area (Å²) in [5.74, 6) is -0.706. The predicted molar refractivity (Wildman–Crippen MR) is 126 cm³/mol. The van der Waals surface area contributed by atoms with Crippen molar-refractivity contribution in [2.45, 2.75) is 30.7 Å². The topological polar surface area (TPSA) is 125 Å². The normalized spacial score (nSPS) is 11.3. The number of benzene rings is 2. The molecule has 0 aliphatic rings. The number of carbonyl (C=O) groups excluding carboxylic acids is 2. The maximum Gasteiger partial charge on any atom is 0.338 e. The smallest absolute Gasteiger partial charge is 0.338 e. The summed E-state index contributed by atoms with van der Waals surface area (Å²) in [7, 11) is 0. The Morgan fingerprint density at radius 3 is 2.45 bits per heavy atom. The van der Waals surface area contributed by atoms with Gasteiger partial charge in [-0.1, -0.05) is 49.0 Å². The van der Waals surface area contributed by atoms with Gasteiger partial charge in [0.05, 0.1) is 23.1 Å². The number of nitrogens with zero attached hydrogens (tertiary/aromatic N) is 2. The first-order valence-electron chi connectivity index (χ1n) is 10.3. The Labute approximate surface area is 195 Å². The Hall–Kier alpha value is -3.90. The number of aromatic nitrogens is 2. The van der Waals surface area contributed by atoms with Crippen molar-refractivity contribution in [2.24, 2.45) is 0 Å². The number of hydrogen-bond donors (Lipinski definition) is 2. The van der Waals surface area contributed by atoms with Gasteiger partial charge in [-0.25, -0.2) is 9.78 Å². The number of anilines is 1. The molecule has 0 saturated heterocycles. The molecule has 0 saturated carbocycles. The first-order chi connectivity index (χ1) is 16.0. The van der Waals surface area contributed by atoms with E-state index in [1.807, 2.05) is 19.1 Å². The molecule has 1 unspecified atom stereocenters. The van der Waals surface area contributed by atoms with Crippen molar-refractivity contribution in [1.29, 1.82) is 5.26 Å². The number of carbonyl (C=O) groups is 2. The van der Waals surface area contributed by atoms with Crippen molar-refractivity contribution in [1.82, 2.24) is 9.97 Å². The second-order valence-electron chi connectivity index (χ2n) is 6.87. The van der Waals surface area contributed by atoms with E-state index in [0.717, 1.165) is 11.8 Å². The van der Waals surface area contributed by atoms with Gasteiger partial charge in [-0.05, 0) is 37.6 Å². The molecule has 0 aliphatic heterocycles. The molecule has 1 heterocycles. The number of esters is 1. The molecule has 0 aliphatic carbocycles. The van der Waals surface area contributed by atoms with Crippen LogP contribution in [0.15, 0.2) is 64.5 Å². The second-order valence-corrected chi connectivity index (χ2v) is 8.07. The van der Waals surface area contributed by atoms with Crippen molar-refractivity contribution in [3.05, 3.63) is 76.1 Å². The molecule has 1 atom stereocenters. The van der Waals surface area contributed by atoms with Gasteiger partial charge in [0.2, 0.25) is 5.91 Å². The number of hydrogen-bond acceptors (Lipinski definition) is 7. The largest absolute Gasteiger partial charge is 0.462 e. The Morgan fingerprint density at radius 2 is 1.85 bits per heavy atom. The third kappa shape index (κ3) is 5.87. The summed E-state index contributed by atoms with van der Waals surface area (Å²) in [6, 6.07) is 17.2. The summed E-state index contributed by atoms with van der Waals surface area (Å²) in [6.07, 6.45) is 0.474. The summed E-state index contributed by atoms with van der Waals surface area (Å²) in [5, 5.41) is 11.9. The molecule has 1 amide bonds. The van der Waals surface area contributed by atoms with Gasteiger partial charge >= 0.3 is 5.97 Å². The van der Waals surface area contributed by atoms with Gasteiger partial charge in [0.15, 0.2) is 5.16 Å². The maximum atomic E-state index is 12.8. The summed E-state index contributed by atoms with van der Waals surface area (Å²) >= 11 is 1.11. The fourth-order valence-corrected chi connectivity index (χ4v) is 3.90. The monoisotopic (exact) mass is 462 g/mol. The minimum atomic E-state index is -0.557. The number of nitriles is 1. The summed E-state index contributed by atoms with van der Waals surface area (Å²) in [6.45, 7) is 3.86. The molecule has 168 valence electrons. The highest BCUT2D eigenvalue weighted by Gasteiger charge is 2.21. The van der Waals surface area contributed by atoms with E-state index < -0.39 is 16.8 Å². The highest BCUT2D eigenvalue weighted by atomic mass is 32.2. The van der Waals surface area contributed by atoms with Crippen LogP contribution in [0.2, 0.25) is 0 Å². The van der Waals surface area contributed by atoms with Crippen LogP contribution < -0.4 is 10.9 Å². The molecule has 2 N–H and O–H groups in total. The molecule has 0 spiro atoms. The zero-order valence-corrected chi connectivity index (χ0v) is 18.9. The molecule has 1 aromatic heterocycles. The fraction of sp³-hybridized carbons (Fsp3) is 0.208. The SMILES string of the molecule is CCOC(=O)c1ccc(NC(=O)C(CC)Sc2nc(-c3ccccc3)c(C#N)c(=O)[nH]2)cc1. The zero-order chi connectivity index (χ0) is 23.8. The minimum absolute atomic E-state index is 0.0789. The van der Waals surface area contributed by atoms with E-state index in [-0.39, 0.29) is 28.9 Å². The van der Waals surface area contributed by atoms with E-state index in [0.29, 0.717) is 23.2 Å². The van der Waals surface area contributed by atoms with E-state index in [2.05, 4.69) is 15.3 Å². The van der Waals surface area contributed by atoms with Crippen LogP contribution >= 0.6 is 11.8 Å². The molecule has 8 nitrogen and oxygen atoms in total. The van der Waals surface area contributed by atoms with Crippen molar-refractivity contribution in [2.75, 3.05) is 11.9 Å². The predicted octanol–water partition coefficient (Wildman–Crippen LogP) is 3.99. The summed E-state index contributed by atoms with van der Waals surface area (Å²) < 4.78 is 4.95. The molecule has 3 rings (SSSR count). The van der Waals surface area contributed by atoms with Crippen molar-refractivity contribution < 1.29 is 14.3 Å². The quantitative estimate of drug-likeness (QED) is 0.294. The zero-order valence-electron chi connectivity index (χ0n) is 18.1. The molecule has 0 fully saturated rings. The lowest BCUT2D eigenvalue weighted by atomic mass is 10.1. The molecule has 33 heavy (non-hydrogen) atoms. The van der Waals surface area contributed by atoms with E-state index in [1.54, 1.807) is 55.5 Å². The Bertz CT molecular complexity index is 1230. The average molecular weight is 463 g/mol. The van der Waals surface area contributed by atoms with Crippen molar-refractivity contribution >= 4 is 29.3 Å². The van der Waals surface area contributed by atoms with Crippen LogP contribution in [-0.4, -0.2) is 33.7 Å². The maximum absolute atomic E-state index is 12.8. The van der Waals surface area contributed by atoms with Crippen LogP contribution in [0.4, 0.5) is 5.69 Å². The minimum Gasteiger partial charge on any atom is -0.462 e. The number of H-pyrrole nitrogens is 1. The molecule has 0 bridgehead atoms. The molecule has 2 aromatic carbocycles. The van der Waals surface area contributed by atoms with Crippen LogP contribution in [0, 0.1) is 11.3 Å². The van der Waals surface area contributed by atoms with Crippen LogP contribution in [0.1, 0.15) is 36.2 Å².